The predicted octanol–water partition coefficient (Wildman–Crippen LogP) is 3.71. The molecule has 3 nitrogen and oxygen atoms in total. The van der Waals surface area contributed by atoms with Gasteiger partial charge in [0.15, 0.2) is 0 Å². The van der Waals surface area contributed by atoms with Crippen molar-refractivity contribution in [1.29, 1.82) is 0 Å². The lowest BCUT2D eigenvalue weighted by Gasteiger charge is -2.18. The Morgan fingerprint density at radius 2 is 2.28 bits per heavy atom. The number of nitrogens with zero attached hydrogens (tertiary/aromatic N) is 2. The van der Waals surface area contributed by atoms with E-state index in [-0.39, 0.29) is 6.04 Å². The van der Waals surface area contributed by atoms with Crippen LogP contribution in [-0.4, -0.2) is 16.3 Å². The van der Waals surface area contributed by atoms with Crippen molar-refractivity contribution in [2.45, 2.75) is 32.9 Å². The van der Waals surface area contributed by atoms with Crippen LogP contribution in [-0.2, 0) is 6.54 Å². The summed E-state index contributed by atoms with van der Waals surface area (Å²) in [7, 11) is 0. The molecule has 0 aliphatic heterocycles. The van der Waals surface area contributed by atoms with Crippen LogP contribution in [0, 0.1) is 0 Å². The van der Waals surface area contributed by atoms with E-state index in [1.54, 1.807) is 11.3 Å². The lowest BCUT2D eigenvalue weighted by atomic mass is 10.1. The van der Waals surface area contributed by atoms with E-state index in [9.17, 15) is 0 Å². The Labute approximate surface area is 117 Å². The molecule has 0 amide bonds. The second kappa shape index (κ2) is 6.36. The number of aromatic nitrogens is 2. The first-order chi connectivity index (χ1) is 8.77. The molecule has 0 bridgehead atoms. The minimum atomic E-state index is 0.136. The summed E-state index contributed by atoms with van der Waals surface area (Å²) >= 11 is 7.94. The standard InChI is InChI=1S/C13H18ClN3S/c1-3-8-17-11(5-7-16-17)12(15-4-2)13-10(14)6-9-18-13/h5-7,9,12,15H,3-4,8H2,1-2H3. The van der Waals surface area contributed by atoms with E-state index < -0.39 is 0 Å². The van der Waals surface area contributed by atoms with Gasteiger partial charge in [-0.05, 0) is 30.5 Å². The van der Waals surface area contributed by atoms with Crippen LogP contribution < -0.4 is 5.32 Å². The summed E-state index contributed by atoms with van der Waals surface area (Å²) in [5.41, 5.74) is 1.18. The van der Waals surface area contributed by atoms with Gasteiger partial charge in [0.05, 0.1) is 16.8 Å². The van der Waals surface area contributed by atoms with Gasteiger partial charge in [0, 0.05) is 17.6 Å². The molecule has 2 aromatic heterocycles. The maximum atomic E-state index is 6.26. The van der Waals surface area contributed by atoms with Crippen LogP contribution in [0.1, 0.15) is 36.9 Å². The molecular weight excluding hydrogens is 266 g/mol. The summed E-state index contributed by atoms with van der Waals surface area (Å²) in [6, 6.07) is 4.16. The van der Waals surface area contributed by atoms with Crippen LogP contribution in [0.3, 0.4) is 0 Å². The fraction of sp³-hybridized carbons (Fsp3) is 0.462. The topological polar surface area (TPSA) is 29.9 Å². The molecule has 2 rings (SSSR count). The molecule has 0 aromatic carbocycles. The molecule has 18 heavy (non-hydrogen) atoms. The fourth-order valence-electron chi connectivity index (χ4n) is 2.03. The van der Waals surface area contributed by atoms with Crippen molar-refractivity contribution >= 4 is 22.9 Å². The number of halogens is 1. The van der Waals surface area contributed by atoms with Crippen LogP contribution >= 0.6 is 22.9 Å². The van der Waals surface area contributed by atoms with Gasteiger partial charge >= 0.3 is 0 Å². The Bertz CT molecular complexity index is 492. The highest BCUT2D eigenvalue weighted by molar-refractivity contribution is 7.10. The number of hydrogen-bond acceptors (Lipinski definition) is 3. The van der Waals surface area contributed by atoms with Gasteiger partial charge in [-0.1, -0.05) is 25.4 Å². The normalized spacial score (nSPS) is 12.8. The smallest absolute Gasteiger partial charge is 0.0856 e. The van der Waals surface area contributed by atoms with Gasteiger partial charge in [-0.15, -0.1) is 11.3 Å². The van der Waals surface area contributed by atoms with Crippen LogP contribution in [0.2, 0.25) is 5.02 Å². The third-order valence-corrected chi connectivity index (χ3v) is 4.22. The Morgan fingerprint density at radius 3 is 2.89 bits per heavy atom. The van der Waals surface area contributed by atoms with Crippen molar-refractivity contribution in [3.8, 4) is 0 Å². The third kappa shape index (κ3) is 2.76. The maximum Gasteiger partial charge on any atom is 0.0856 e. The minimum Gasteiger partial charge on any atom is -0.305 e. The van der Waals surface area contributed by atoms with Gasteiger partial charge in [-0.25, -0.2) is 0 Å². The van der Waals surface area contributed by atoms with E-state index >= 15 is 0 Å². The second-order valence-corrected chi connectivity index (χ2v) is 5.46. The molecule has 1 N–H and O–H groups in total. The van der Waals surface area contributed by atoms with Gasteiger partial charge in [0.1, 0.15) is 0 Å². The first-order valence-corrected chi connectivity index (χ1v) is 7.51. The highest BCUT2D eigenvalue weighted by atomic mass is 35.5. The fourth-order valence-corrected chi connectivity index (χ4v) is 3.29. The van der Waals surface area contributed by atoms with Crippen LogP contribution in [0.5, 0.6) is 0 Å². The summed E-state index contributed by atoms with van der Waals surface area (Å²) in [4.78, 5) is 1.16. The minimum absolute atomic E-state index is 0.136. The quantitative estimate of drug-likeness (QED) is 0.876. The number of hydrogen-bond donors (Lipinski definition) is 1. The Balaban J connectivity index is 2.35. The average Bonchev–Trinajstić information content (AvgIpc) is 2.96. The largest absolute Gasteiger partial charge is 0.305 e. The summed E-state index contributed by atoms with van der Waals surface area (Å²) in [5.74, 6) is 0. The maximum absolute atomic E-state index is 6.26. The molecule has 2 heterocycles. The summed E-state index contributed by atoms with van der Waals surface area (Å²) in [6.07, 6.45) is 2.93. The van der Waals surface area contributed by atoms with Crippen molar-refractivity contribution < 1.29 is 0 Å². The van der Waals surface area contributed by atoms with Crippen molar-refractivity contribution in [1.82, 2.24) is 15.1 Å². The summed E-state index contributed by atoms with van der Waals surface area (Å²) in [5, 5.41) is 10.7. The first kappa shape index (κ1) is 13.6. The third-order valence-electron chi connectivity index (χ3n) is 2.80. The van der Waals surface area contributed by atoms with E-state index in [1.165, 1.54) is 5.69 Å². The van der Waals surface area contributed by atoms with Crippen molar-refractivity contribution in [3.63, 3.8) is 0 Å². The number of aryl methyl sites for hydroxylation is 1. The molecule has 0 spiro atoms. The predicted molar refractivity (Wildman–Crippen MR) is 77.4 cm³/mol. The molecular formula is C13H18ClN3S. The van der Waals surface area contributed by atoms with Crippen molar-refractivity contribution in [2.75, 3.05) is 6.54 Å². The van der Waals surface area contributed by atoms with Crippen molar-refractivity contribution in [3.05, 3.63) is 39.3 Å². The molecule has 1 atom stereocenters. The Hall–Kier alpha value is -0.840. The van der Waals surface area contributed by atoms with Crippen LogP contribution in [0.15, 0.2) is 23.7 Å². The lowest BCUT2D eigenvalue weighted by Crippen LogP contribution is -2.24. The molecule has 0 radical (unpaired) electrons. The molecule has 98 valence electrons. The average molecular weight is 284 g/mol. The zero-order valence-electron chi connectivity index (χ0n) is 10.7. The summed E-state index contributed by atoms with van der Waals surface area (Å²) < 4.78 is 2.06. The van der Waals surface area contributed by atoms with Crippen LogP contribution in [0.4, 0.5) is 0 Å². The SMILES string of the molecule is CCCn1nccc1C(NCC)c1sccc1Cl. The van der Waals surface area contributed by atoms with E-state index in [1.807, 2.05) is 17.6 Å². The number of rotatable bonds is 6. The van der Waals surface area contributed by atoms with E-state index in [4.69, 9.17) is 11.6 Å². The highest BCUT2D eigenvalue weighted by Gasteiger charge is 2.20. The van der Waals surface area contributed by atoms with Crippen LogP contribution in [0.25, 0.3) is 0 Å². The zero-order valence-corrected chi connectivity index (χ0v) is 12.3. The molecule has 0 aliphatic rings. The molecule has 1 unspecified atom stereocenters. The van der Waals surface area contributed by atoms with Gasteiger partial charge in [0.2, 0.25) is 0 Å². The second-order valence-electron chi connectivity index (χ2n) is 4.10. The first-order valence-electron chi connectivity index (χ1n) is 6.25. The molecule has 0 fully saturated rings. The number of nitrogens with one attached hydrogen (secondary N) is 1. The number of thiophene rings is 1. The summed E-state index contributed by atoms with van der Waals surface area (Å²) in [6.45, 7) is 6.10. The Kier molecular flexibility index (Phi) is 4.80. The lowest BCUT2D eigenvalue weighted by molar-refractivity contribution is 0.524. The van der Waals surface area contributed by atoms with Crippen molar-refractivity contribution in [2.24, 2.45) is 0 Å². The highest BCUT2D eigenvalue weighted by Crippen LogP contribution is 2.32. The Morgan fingerprint density at radius 1 is 1.44 bits per heavy atom. The monoisotopic (exact) mass is 283 g/mol. The van der Waals surface area contributed by atoms with E-state index in [0.29, 0.717) is 0 Å². The zero-order chi connectivity index (χ0) is 13.0. The molecule has 0 saturated heterocycles. The van der Waals surface area contributed by atoms with E-state index in [0.717, 1.165) is 29.4 Å². The van der Waals surface area contributed by atoms with Gasteiger partial charge in [0.25, 0.3) is 0 Å². The molecule has 0 aliphatic carbocycles. The van der Waals surface area contributed by atoms with Gasteiger partial charge in [-0.3, -0.25) is 4.68 Å². The van der Waals surface area contributed by atoms with Gasteiger partial charge in [-0.2, -0.15) is 5.10 Å². The molecule has 2 aromatic rings. The van der Waals surface area contributed by atoms with E-state index in [2.05, 4.69) is 35.0 Å². The van der Waals surface area contributed by atoms with Gasteiger partial charge < -0.3 is 5.32 Å². The molecule has 5 heteroatoms. The molecule has 0 saturated carbocycles.